The molecule has 0 atom stereocenters. The highest BCUT2D eigenvalue weighted by molar-refractivity contribution is 6.33. The molecule has 0 saturated heterocycles. The number of non-ortho nitro benzene ring substituents is 1. The summed E-state index contributed by atoms with van der Waals surface area (Å²) in [6.45, 7) is 0.571. The van der Waals surface area contributed by atoms with Crippen molar-refractivity contribution >= 4 is 23.0 Å². The Balaban J connectivity index is 2.02. The van der Waals surface area contributed by atoms with Crippen LogP contribution < -0.4 is 5.32 Å². The van der Waals surface area contributed by atoms with E-state index in [4.69, 9.17) is 11.6 Å². The van der Waals surface area contributed by atoms with Gasteiger partial charge in [-0.3, -0.25) is 10.1 Å². The van der Waals surface area contributed by atoms with E-state index in [0.29, 0.717) is 11.6 Å². The standard InChI is InChI=1S/C13H11ClN2O2/c14-12-3-1-2-4-13(12)15-9-10-5-7-11(8-6-10)16(17)18/h1-8,15H,9H2. The highest BCUT2D eigenvalue weighted by Gasteiger charge is 2.04. The SMILES string of the molecule is O=[N+]([O-])c1ccc(CNc2ccccc2Cl)cc1. The van der Waals surface area contributed by atoms with Crippen LogP contribution in [0.5, 0.6) is 0 Å². The molecule has 0 heterocycles. The maximum Gasteiger partial charge on any atom is 0.269 e. The molecule has 0 fully saturated rings. The first-order chi connectivity index (χ1) is 8.66. The molecule has 0 bridgehead atoms. The highest BCUT2D eigenvalue weighted by Crippen LogP contribution is 2.21. The molecule has 2 aromatic rings. The van der Waals surface area contributed by atoms with Crippen molar-refractivity contribution in [3.63, 3.8) is 0 Å². The summed E-state index contributed by atoms with van der Waals surface area (Å²) < 4.78 is 0. The third-order valence-corrected chi connectivity index (χ3v) is 2.83. The number of halogens is 1. The summed E-state index contributed by atoms with van der Waals surface area (Å²) in [6, 6.07) is 13.9. The normalized spacial score (nSPS) is 10.1. The smallest absolute Gasteiger partial charge is 0.269 e. The fourth-order valence-electron chi connectivity index (χ4n) is 1.54. The van der Waals surface area contributed by atoms with Crippen LogP contribution in [0.2, 0.25) is 5.02 Å². The molecule has 0 aliphatic carbocycles. The van der Waals surface area contributed by atoms with E-state index in [1.54, 1.807) is 18.2 Å². The topological polar surface area (TPSA) is 55.2 Å². The zero-order valence-corrected chi connectivity index (χ0v) is 10.2. The van der Waals surface area contributed by atoms with Gasteiger partial charge in [0.1, 0.15) is 0 Å². The van der Waals surface area contributed by atoms with Gasteiger partial charge in [0.2, 0.25) is 0 Å². The second-order valence-electron chi connectivity index (χ2n) is 3.76. The Morgan fingerprint density at radius 1 is 1.11 bits per heavy atom. The largest absolute Gasteiger partial charge is 0.380 e. The van der Waals surface area contributed by atoms with Crippen molar-refractivity contribution in [3.05, 3.63) is 69.2 Å². The van der Waals surface area contributed by atoms with E-state index >= 15 is 0 Å². The minimum Gasteiger partial charge on any atom is -0.380 e. The van der Waals surface area contributed by atoms with Crippen molar-refractivity contribution < 1.29 is 4.92 Å². The zero-order chi connectivity index (χ0) is 13.0. The molecular formula is C13H11ClN2O2. The van der Waals surface area contributed by atoms with Crippen molar-refractivity contribution in [2.45, 2.75) is 6.54 Å². The lowest BCUT2D eigenvalue weighted by molar-refractivity contribution is -0.384. The van der Waals surface area contributed by atoms with Crippen LogP contribution in [0, 0.1) is 10.1 Å². The number of rotatable bonds is 4. The van der Waals surface area contributed by atoms with E-state index in [1.165, 1.54) is 12.1 Å². The molecule has 2 rings (SSSR count). The number of hydrogen-bond donors (Lipinski definition) is 1. The quantitative estimate of drug-likeness (QED) is 0.672. The molecule has 1 N–H and O–H groups in total. The van der Waals surface area contributed by atoms with Gasteiger partial charge in [-0.1, -0.05) is 35.9 Å². The Bertz CT molecular complexity index is 555. The van der Waals surface area contributed by atoms with E-state index in [-0.39, 0.29) is 5.69 Å². The van der Waals surface area contributed by atoms with Gasteiger partial charge in [0.15, 0.2) is 0 Å². The fourth-order valence-corrected chi connectivity index (χ4v) is 1.74. The number of hydrogen-bond acceptors (Lipinski definition) is 3. The predicted molar refractivity (Wildman–Crippen MR) is 71.9 cm³/mol. The summed E-state index contributed by atoms with van der Waals surface area (Å²) in [6.07, 6.45) is 0. The molecular weight excluding hydrogens is 252 g/mol. The lowest BCUT2D eigenvalue weighted by Crippen LogP contribution is -1.99. The second kappa shape index (κ2) is 5.51. The third kappa shape index (κ3) is 2.99. The summed E-state index contributed by atoms with van der Waals surface area (Å²) in [7, 11) is 0. The second-order valence-corrected chi connectivity index (χ2v) is 4.16. The third-order valence-electron chi connectivity index (χ3n) is 2.50. The van der Waals surface area contributed by atoms with Crippen molar-refractivity contribution in [2.75, 3.05) is 5.32 Å². The van der Waals surface area contributed by atoms with Crippen molar-refractivity contribution in [3.8, 4) is 0 Å². The number of nitro groups is 1. The Labute approximate surface area is 109 Å². The summed E-state index contributed by atoms with van der Waals surface area (Å²) >= 11 is 6.01. The van der Waals surface area contributed by atoms with Gasteiger partial charge in [0, 0.05) is 18.7 Å². The maximum absolute atomic E-state index is 10.5. The van der Waals surface area contributed by atoms with E-state index in [0.717, 1.165) is 11.3 Å². The number of anilines is 1. The van der Waals surface area contributed by atoms with Crippen LogP contribution in [-0.2, 0) is 6.54 Å². The molecule has 5 heteroatoms. The van der Waals surface area contributed by atoms with Crippen molar-refractivity contribution in [1.82, 2.24) is 0 Å². The molecule has 0 radical (unpaired) electrons. The molecule has 2 aromatic carbocycles. The maximum atomic E-state index is 10.5. The van der Waals surface area contributed by atoms with Crippen LogP contribution in [-0.4, -0.2) is 4.92 Å². The van der Waals surface area contributed by atoms with Gasteiger partial charge >= 0.3 is 0 Å². The lowest BCUT2D eigenvalue weighted by atomic mass is 10.2. The van der Waals surface area contributed by atoms with Gasteiger partial charge in [-0.2, -0.15) is 0 Å². The molecule has 0 aliphatic rings. The first kappa shape index (κ1) is 12.4. The van der Waals surface area contributed by atoms with Gasteiger partial charge in [0.05, 0.1) is 15.6 Å². The highest BCUT2D eigenvalue weighted by atomic mass is 35.5. The molecule has 92 valence electrons. The van der Waals surface area contributed by atoms with E-state index < -0.39 is 4.92 Å². The summed E-state index contributed by atoms with van der Waals surface area (Å²) in [5, 5.41) is 14.3. The molecule has 0 amide bonds. The Morgan fingerprint density at radius 2 is 1.78 bits per heavy atom. The van der Waals surface area contributed by atoms with Gasteiger partial charge in [-0.25, -0.2) is 0 Å². The predicted octanol–water partition coefficient (Wildman–Crippen LogP) is 3.86. The monoisotopic (exact) mass is 262 g/mol. The van der Waals surface area contributed by atoms with Gasteiger partial charge in [-0.15, -0.1) is 0 Å². The molecule has 0 aromatic heterocycles. The number of nitrogens with zero attached hydrogens (tertiary/aromatic N) is 1. The van der Waals surface area contributed by atoms with Crippen LogP contribution in [0.25, 0.3) is 0 Å². The Hall–Kier alpha value is -2.07. The number of benzene rings is 2. The minimum absolute atomic E-state index is 0.0940. The van der Waals surface area contributed by atoms with E-state index in [2.05, 4.69) is 5.32 Å². The van der Waals surface area contributed by atoms with Crippen LogP contribution in [0.4, 0.5) is 11.4 Å². The summed E-state index contributed by atoms with van der Waals surface area (Å²) in [5.41, 5.74) is 1.90. The summed E-state index contributed by atoms with van der Waals surface area (Å²) in [4.78, 5) is 10.1. The molecule has 0 aliphatic heterocycles. The van der Waals surface area contributed by atoms with Crippen LogP contribution >= 0.6 is 11.6 Å². The Kier molecular flexibility index (Phi) is 3.79. The van der Waals surface area contributed by atoms with Crippen molar-refractivity contribution in [2.24, 2.45) is 0 Å². The zero-order valence-electron chi connectivity index (χ0n) is 9.47. The van der Waals surface area contributed by atoms with Crippen LogP contribution in [0.15, 0.2) is 48.5 Å². The number of nitrogens with one attached hydrogen (secondary N) is 1. The van der Waals surface area contributed by atoms with Crippen molar-refractivity contribution in [1.29, 1.82) is 0 Å². The van der Waals surface area contributed by atoms with Crippen LogP contribution in [0.3, 0.4) is 0 Å². The number of para-hydroxylation sites is 1. The first-order valence-electron chi connectivity index (χ1n) is 5.38. The van der Waals surface area contributed by atoms with E-state index in [1.807, 2.05) is 18.2 Å². The summed E-state index contributed by atoms with van der Waals surface area (Å²) in [5.74, 6) is 0. The lowest BCUT2D eigenvalue weighted by Gasteiger charge is -2.07. The van der Waals surface area contributed by atoms with E-state index in [9.17, 15) is 10.1 Å². The molecule has 4 nitrogen and oxygen atoms in total. The van der Waals surface area contributed by atoms with Gasteiger partial charge in [0.25, 0.3) is 5.69 Å². The molecule has 0 saturated carbocycles. The van der Waals surface area contributed by atoms with Gasteiger partial charge < -0.3 is 5.32 Å². The number of nitro benzene ring substituents is 1. The average molecular weight is 263 g/mol. The molecule has 0 unspecified atom stereocenters. The Morgan fingerprint density at radius 3 is 2.39 bits per heavy atom. The molecule has 18 heavy (non-hydrogen) atoms. The average Bonchev–Trinajstić information content (AvgIpc) is 2.38. The minimum atomic E-state index is -0.411. The van der Waals surface area contributed by atoms with Gasteiger partial charge in [-0.05, 0) is 17.7 Å². The first-order valence-corrected chi connectivity index (χ1v) is 5.76. The van der Waals surface area contributed by atoms with Crippen LogP contribution in [0.1, 0.15) is 5.56 Å². The molecule has 0 spiro atoms. The fraction of sp³-hybridized carbons (Fsp3) is 0.0769.